The van der Waals surface area contributed by atoms with Crippen LogP contribution in [0.5, 0.6) is 0 Å². The topological polar surface area (TPSA) is 38.1 Å². The molecule has 0 aliphatic rings. The number of hydrogen-bond donors (Lipinski definition) is 1. The van der Waals surface area contributed by atoms with Crippen LogP contribution in [0.4, 0.5) is 4.39 Å². The SMILES string of the molecule is CCCNCCc1ncc(-c2cccc(Cl)c2F)o1. The Morgan fingerprint density at radius 3 is 3.00 bits per heavy atom. The summed E-state index contributed by atoms with van der Waals surface area (Å²) in [6, 6.07) is 4.82. The second-order valence-corrected chi connectivity index (χ2v) is 4.63. The van der Waals surface area contributed by atoms with Gasteiger partial charge < -0.3 is 9.73 Å². The van der Waals surface area contributed by atoms with Crippen LogP contribution in [0.3, 0.4) is 0 Å². The molecule has 0 bridgehead atoms. The zero-order valence-electron chi connectivity index (χ0n) is 10.7. The standard InChI is InChI=1S/C14H16ClFN2O/c1-2-7-17-8-6-13-18-9-12(19-13)10-4-3-5-11(15)14(10)16/h3-5,9,17H,2,6-8H2,1H3. The van der Waals surface area contributed by atoms with E-state index in [1.165, 1.54) is 12.3 Å². The van der Waals surface area contributed by atoms with Gasteiger partial charge in [0.25, 0.3) is 0 Å². The summed E-state index contributed by atoms with van der Waals surface area (Å²) < 4.78 is 19.4. The summed E-state index contributed by atoms with van der Waals surface area (Å²) in [5.41, 5.74) is 0.341. The molecule has 0 fully saturated rings. The molecule has 2 aromatic rings. The molecule has 0 aliphatic carbocycles. The molecule has 2 rings (SSSR count). The molecule has 1 aromatic carbocycles. The fourth-order valence-corrected chi connectivity index (χ4v) is 1.92. The van der Waals surface area contributed by atoms with Gasteiger partial charge in [0, 0.05) is 13.0 Å². The summed E-state index contributed by atoms with van der Waals surface area (Å²) in [5, 5.41) is 3.34. The van der Waals surface area contributed by atoms with E-state index < -0.39 is 5.82 Å². The molecule has 0 amide bonds. The van der Waals surface area contributed by atoms with E-state index in [0.717, 1.165) is 19.5 Å². The zero-order valence-corrected chi connectivity index (χ0v) is 11.5. The minimum atomic E-state index is -0.476. The summed E-state index contributed by atoms with van der Waals surface area (Å²) in [4.78, 5) is 4.14. The number of oxazole rings is 1. The maximum atomic E-state index is 13.8. The molecule has 1 heterocycles. The molecule has 3 nitrogen and oxygen atoms in total. The predicted octanol–water partition coefficient (Wildman–Crippen LogP) is 3.68. The van der Waals surface area contributed by atoms with Gasteiger partial charge in [0.2, 0.25) is 0 Å². The Kier molecular flexibility index (Phi) is 4.93. The Bertz CT molecular complexity index is 542. The van der Waals surface area contributed by atoms with Crippen molar-refractivity contribution in [2.75, 3.05) is 13.1 Å². The van der Waals surface area contributed by atoms with Crippen LogP contribution in [-0.2, 0) is 6.42 Å². The van der Waals surface area contributed by atoms with Gasteiger partial charge in [-0.05, 0) is 25.1 Å². The average Bonchev–Trinajstić information content (AvgIpc) is 2.87. The molecule has 1 N–H and O–H groups in total. The van der Waals surface area contributed by atoms with Crippen molar-refractivity contribution in [1.82, 2.24) is 10.3 Å². The number of nitrogens with one attached hydrogen (secondary N) is 1. The Morgan fingerprint density at radius 2 is 2.21 bits per heavy atom. The van der Waals surface area contributed by atoms with Crippen molar-refractivity contribution in [1.29, 1.82) is 0 Å². The van der Waals surface area contributed by atoms with E-state index in [9.17, 15) is 4.39 Å². The van der Waals surface area contributed by atoms with Gasteiger partial charge in [-0.3, -0.25) is 0 Å². The van der Waals surface area contributed by atoms with E-state index in [1.54, 1.807) is 12.1 Å². The highest BCUT2D eigenvalue weighted by Gasteiger charge is 2.12. The van der Waals surface area contributed by atoms with Gasteiger partial charge in [-0.15, -0.1) is 0 Å². The van der Waals surface area contributed by atoms with E-state index >= 15 is 0 Å². The fourth-order valence-electron chi connectivity index (χ4n) is 1.74. The summed E-state index contributed by atoms with van der Waals surface area (Å²) in [6.07, 6.45) is 3.30. The normalized spacial score (nSPS) is 10.9. The summed E-state index contributed by atoms with van der Waals surface area (Å²) in [5.74, 6) is 0.527. The quantitative estimate of drug-likeness (QED) is 0.822. The molecule has 0 spiro atoms. The highest BCUT2D eigenvalue weighted by Crippen LogP contribution is 2.27. The minimum Gasteiger partial charge on any atom is -0.441 e. The summed E-state index contributed by atoms with van der Waals surface area (Å²) in [6.45, 7) is 3.88. The second-order valence-electron chi connectivity index (χ2n) is 4.22. The lowest BCUT2D eigenvalue weighted by atomic mass is 10.2. The third kappa shape index (κ3) is 3.55. The maximum absolute atomic E-state index is 13.8. The van der Waals surface area contributed by atoms with Gasteiger partial charge >= 0.3 is 0 Å². The molecule has 0 saturated carbocycles. The Morgan fingerprint density at radius 1 is 1.37 bits per heavy atom. The summed E-state index contributed by atoms with van der Waals surface area (Å²) >= 11 is 5.74. The number of halogens is 2. The molecule has 5 heteroatoms. The molecular formula is C14H16ClFN2O. The van der Waals surface area contributed by atoms with Gasteiger partial charge in [0.05, 0.1) is 16.8 Å². The lowest BCUT2D eigenvalue weighted by Crippen LogP contribution is -2.17. The van der Waals surface area contributed by atoms with Crippen molar-refractivity contribution in [3.8, 4) is 11.3 Å². The van der Waals surface area contributed by atoms with Gasteiger partial charge in [-0.1, -0.05) is 24.6 Å². The molecule has 1 aromatic heterocycles. The van der Waals surface area contributed by atoms with Gasteiger partial charge in [-0.25, -0.2) is 9.37 Å². The minimum absolute atomic E-state index is 0.0834. The Labute approximate surface area is 116 Å². The lowest BCUT2D eigenvalue weighted by molar-refractivity contribution is 0.492. The molecule has 102 valence electrons. The third-order valence-corrected chi connectivity index (χ3v) is 3.00. The summed E-state index contributed by atoms with van der Waals surface area (Å²) in [7, 11) is 0. The van der Waals surface area contributed by atoms with Crippen LogP contribution >= 0.6 is 11.6 Å². The fraction of sp³-hybridized carbons (Fsp3) is 0.357. The third-order valence-electron chi connectivity index (χ3n) is 2.71. The van der Waals surface area contributed by atoms with Gasteiger partial charge in [0.1, 0.15) is 0 Å². The van der Waals surface area contributed by atoms with Gasteiger partial charge in [-0.2, -0.15) is 0 Å². The van der Waals surface area contributed by atoms with E-state index in [2.05, 4.69) is 17.2 Å². The predicted molar refractivity (Wildman–Crippen MR) is 73.8 cm³/mol. The monoisotopic (exact) mass is 282 g/mol. The zero-order chi connectivity index (χ0) is 13.7. The molecule has 0 aliphatic heterocycles. The van der Waals surface area contributed by atoms with Crippen molar-refractivity contribution in [3.05, 3.63) is 41.1 Å². The van der Waals surface area contributed by atoms with Crippen LogP contribution in [0.25, 0.3) is 11.3 Å². The van der Waals surface area contributed by atoms with Crippen LogP contribution in [0.2, 0.25) is 5.02 Å². The van der Waals surface area contributed by atoms with Gasteiger partial charge in [0.15, 0.2) is 17.5 Å². The van der Waals surface area contributed by atoms with Crippen LogP contribution < -0.4 is 5.32 Å². The molecular weight excluding hydrogens is 267 g/mol. The van der Waals surface area contributed by atoms with Crippen molar-refractivity contribution in [2.45, 2.75) is 19.8 Å². The van der Waals surface area contributed by atoms with Crippen LogP contribution in [-0.4, -0.2) is 18.1 Å². The molecule has 19 heavy (non-hydrogen) atoms. The highest BCUT2D eigenvalue weighted by molar-refractivity contribution is 6.31. The first-order valence-electron chi connectivity index (χ1n) is 6.32. The first kappa shape index (κ1) is 14.0. The molecule has 0 saturated heterocycles. The number of benzene rings is 1. The number of rotatable bonds is 6. The van der Waals surface area contributed by atoms with Crippen molar-refractivity contribution in [3.63, 3.8) is 0 Å². The highest BCUT2D eigenvalue weighted by atomic mass is 35.5. The van der Waals surface area contributed by atoms with Crippen molar-refractivity contribution in [2.24, 2.45) is 0 Å². The molecule has 0 unspecified atom stereocenters. The second kappa shape index (κ2) is 6.68. The number of hydrogen-bond acceptors (Lipinski definition) is 3. The van der Waals surface area contributed by atoms with Crippen LogP contribution in [0.15, 0.2) is 28.8 Å². The number of nitrogens with zero attached hydrogens (tertiary/aromatic N) is 1. The lowest BCUT2D eigenvalue weighted by Gasteiger charge is -2.01. The average molecular weight is 283 g/mol. The van der Waals surface area contributed by atoms with E-state index in [-0.39, 0.29) is 5.02 Å². The molecule has 0 radical (unpaired) electrons. The number of aromatic nitrogens is 1. The van der Waals surface area contributed by atoms with Crippen molar-refractivity contribution < 1.29 is 8.81 Å². The Hall–Kier alpha value is -1.39. The molecule has 0 atom stereocenters. The van der Waals surface area contributed by atoms with Crippen LogP contribution in [0.1, 0.15) is 19.2 Å². The first-order valence-corrected chi connectivity index (χ1v) is 6.70. The Balaban J connectivity index is 2.06. The van der Waals surface area contributed by atoms with E-state index in [1.807, 2.05) is 0 Å². The first-order chi connectivity index (χ1) is 9.22. The largest absolute Gasteiger partial charge is 0.441 e. The van der Waals surface area contributed by atoms with Crippen molar-refractivity contribution >= 4 is 11.6 Å². The van der Waals surface area contributed by atoms with E-state index in [4.69, 9.17) is 16.0 Å². The van der Waals surface area contributed by atoms with E-state index in [0.29, 0.717) is 23.6 Å². The maximum Gasteiger partial charge on any atom is 0.196 e. The smallest absolute Gasteiger partial charge is 0.196 e. The van der Waals surface area contributed by atoms with Crippen LogP contribution in [0, 0.1) is 5.82 Å².